The fourth-order valence-electron chi connectivity index (χ4n) is 1.93. The molecule has 1 atom stereocenters. The second kappa shape index (κ2) is 6.55. The molecule has 1 N–H and O–H groups in total. The number of aromatic nitrogens is 1. The summed E-state index contributed by atoms with van der Waals surface area (Å²) in [6, 6.07) is 8.82. The summed E-state index contributed by atoms with van der Waals surface area (Å²) < 4.78 is 1.10. The van der Waals surface area contributed by atoms with Crippen molar-refractivity contribution >= 4 is 38.6 Å². The Labute approximate surface area is 121 Å². The third-order valence-electron chi connectivity index (χ3n) is 2.86. The van der Waals surface area contributed by atoms with Crippen molar-refractivity contribution in [3.05, 3.63) is 40.5 Å². The van der Waals surface area contributed by atoms with Gasteiger partial charge in [0.2, 0.25) is 0 Å². The highest BCUT2D eigenvalue weighted by molar-refractivity contribution is 9.10. The highest BCUT2D eigenvalue weighted by Gasteiger charge is 2.06. The van der Waals surface area contributed by atoms with E-state index in [0.717, 1.165) is 22.3 Å². The van der Waals surface area contributed by atoms with Gasteiger partial charge in [-0.15, -0.1) is 0 Å². The molecule has 0 saturated carbocycles. The number of pyridine rings is 1. The second-order valence-electron chi connectivity index (χ2n) is 4.34. The van der Waals surface area contributed by atoms with E-state index in [0.29, 0.717) is 6.04 Å². The smallest absolute Gasteiger partial charge is 0.0758 e. The van der Waals surface area contributed by atoms with E-state index in [1.807, 2.05) is 24.0 Å². The van der Waals surface area contributed by atoms with Gasteiger partial charge >= 0.3 is 0 Å². The van der Waals surface area contributed by atoms with Crippen molar-refractivity contribution in [3.8, 4) is 0 Å². The summed E-state index contributed by atoms with van der Waals surface area (Å²) >= 11 is 5.44. The Hall–Kier alpha value is -0.580. The van der Waals surface area contributed by atoms with Crippen LogP contribution in [0.4, 0.5) is 0 Å². The van der Waals surface area contributed by atoms with Crippen LogP contribution in [0.25, 0.3) is 10.9 Å². The normalized spacial score (nSPS) is 12.8. The Morgan fingerprint density at radius 3 is 3.00 bits per heavy atom. The molecule has 4 heteroatoms. The van der Waals surface area contributed by atoms with Crippen LogP contribution in [0.2, 0.25) is 0 Å². The van der Waals surface area contributed by atoms with Gasteiger partial charge in [0.1, 0.15) is 0 Å². The summed E-state index contributed by atoms with van der Waals surface area (Å²) in [7, 11) is 0. The van der Waals surface area contributed by atoms with Crippen molar-refractivity contribution < 1.29 is 0 Å². The highest BCUT2D eigenvalue weighted by Crippen LogP contribution is 2.25. The number of nitrogens with one attached hydrogen (secondary N) is 1. The van der Waals surface area contributed by atoms with E-state index in [4.69, 9.17) is 0 Å². The van der Waals surface area contributed by atoms with Crippen LogP contribution in [0.15, 0.2) is 34.9 Å². The number of halogens is 1. The molecule has 1 heterocycles. The largest absolute Gasteiger partial charge is 0.309 e. The quantitative estimate of drug-likeness (QED) is 0.904. The van der Waals surface area contributed by atoms with Gasteiger partial charge in [-0.3, -0.25) is 4.98 Å². The monoisotopic (exact) mass is 324 g/mol. The molecule has 0 bridgehead atoms. The van der Waals surface area contributed by atoms with E-state index in [-0.39, 0.29) is 0 Å². The number of hydrogen-bond donors (Lipinski definition) is 1. The zero-order chi connectivity index (χ0) is 13.0. The van der Waals surface area contributed by atoms with E-state index < -0.39 is 0 Å². The third-order valence-corrected chi connectivity index (χ3v) is 4.38. The molecule has 0 fully saturated rings. The lowest BCUT2D eigenvalue weighted by molar-refractivity contribution is 0.597. The average molecular weight is 325 g/mol. The summed E-state index contributed by atoms with van der Waals surface area (Å²) in [6.07, 6.45) is 3.98. The minimum Gasteiger partial charge on any atom is -0.309 e. The molecule has 1 aromatic heterocycles. The minimum absolute atomic E-state index is 0.516. The molecule has 0 amide bonds. The van der Waals surface area contributed by atoms with Crippen molar-refractivity contribution in [3.63, 3.8) is 0 Å². The van der Waals surface area contributed by atoms with Gasteiger partial charge in [-0.2, -0.15) is 11.8 Å². The van der Waals surface area contributed by atoms with E-state index in [2.05, 4.69) is 57.6 Å². The van der Waals surface area contributed by atoms with Crippen LogP contribution in [-0.4, -0.2) is 23.0 Å². The van der Waals surface area contributed by atoms with Crippen LogP contribution < -0.4 is 5.32 Å². The molecular weight excluding hydrogens is 308 g/mol. The number of fused-ring (bicyclic) bond motifs is 1. The molecule has 2 rings (SSSR count). The van der Waals surface area contributed by atoms with Crippen molar-refractivity contribution in [2.24, 2.45) is 0 Å². The maximum Gasteiger partial charge on any atom is 0.0758 e. The second-order valence-corrected chi connectivity index (χ2v) is 6.11. The summed E-state index contributed by atoms with van der Waals surface area (Å²) in [6.45, 7) is 3.08. The predicted octanol–water partition coefficient (Wildman–Crippen LogP) is 3.84. The molecule has 2 aromatic rings. The van der Waals surface area contributed by atoms with Gasteiger partial charge < -0.3 is 5.32 Å². The van der Waals surface area contributed by atoms with Gasteiger partial charge in [0.25, 0.3) is 0 Å². The first-order valence-electron chi connectivity index (χ1n) is 5.97. The number of nitrogens with zero attached hydrogens (tertiary/aromatic N) is 1. The molecule has 0 radical (unpaired) electrons. The van der Waals surface area contributed by atoms with Gasteiger partial charge in [0.05, 0.1) is 5.52 Å². The SMILES string of the molecule is CSCC(C)NCc1ccc(Br)c2cccnc12. The van der Waals surface area contributed by atoms with Gasteiger partial charge in [0, 0.05) is 34.4 Å². The molecule has 2 nitrogen and oxygen atoms in total. The number of hydrogen-bond acceptors (Lipinski definition) is 3. The molecule has 1 aromatic carbocycles. The molecule has 0 saturated heterocycles. The van der Waals surface area contributed by atoms with Crippen LogP contribution >= 0.6 is 27.7 Å². The molecule has 0 aliphatic carbocycles. The molecule has 0 aliphatic heterocycles. The van der Waals surface area contributed by atoms with Crippen LogP contribution in [0.3, 0.4) is 0 Å². The Balaban J connectivity index is 2.21. The molecule has 96 valence electrons. The topological polar surface area (TPSA) is 24.9 Å². The molecule has 0 spiro atoms. The van der Waals surface area contributed by atoms with Crippen LogP contribution in [-0.2, 0) is 6.54 Å². The third kappa shape index (κ3) is 3.25. The maximum atomic E-state index is 4.49. The lowest BCUT2D eigenvalue weighted by atomic mass is 10.1. The zero-order valence-electron chi connectivity index (χ0n) is 10.6. The van der Waals surface area contributed by atoms with Crippen molar-refractivity contribution in [1.29, 1.82) is 0 Å². The van der Waals surface area contributed by atoms with E-state index in [1.165, 1.54) is 10.9 Å². The maximum absolute atomic E-state index is 4.49. The molecule has 1 unspecified atom stereocenters. The summed E-state index contributed by atoms with van der Waals surface area (Å²) in [4.78, 5) is 4.49. The van der Waals surface area contributed by atoms with Gasteiger partial charge in [-0.1, -0.05) is 28.1 Å². The van der Waals surface area contributed by atoms with Crippen molar-refractivity contribution in [2.75, 3.05) is 12.0 Å². The first kappa shape index (κ1) is 13.8. The first-order valence-corrected chi connectivity index (χ1v) is 8.15. The Morgan fingerprint density at radius 1 is 1.39 bits per heavy atom. The summed E-state index contributed by atoms with van der Waals surface area (Å²) in [5.74, 6) is 1.13. The minimum atomic E-state index is 0.516. The predicted molar refractivity (Wildman–Crippen MR) is 84.1 cm³/mol. The summed E-state index contributed by atoms with van der Waals surface area (Å²) in [5, 5.41) is 4.71. The molecule has 0 aliphatic rings. The van der Waals surface area contributed by atoms with E-state index in [9.17, 15) is 0 Å². The van der Waals surface area contributed by atoms with Gasteiger partial charge in [0.15, 0.2) is 0 Å². The Bertz CT molecular complexity index is 530. The molecule has 18 heavy (non-hydrogen) atoms. The van der Waals surface area contributed by atoms with E-state index in [1.54, 1.807) is 0 Å². The number of rotatable bonds is 5. The number of thioether (sulfide) groups is 1. The fourth-order valence-corrected chi connectivity index (χ4v) is 3.00. The number of benzene rings is 1. The zero-order valence-corrected chi connectivity index (χ0v) is 13.0. The van der Waals surface area contributed by atoms with Crippen LogP contribution in [0.1, 0.15) is 12.5 Å². The first-order chi connectivity index (χ1) is 8.72. The van der Waals surface area contributed by atoms with Crippen LogP contribution in [0, 0.1) is 0 Å². The highest BCUT2D eigenvalue weighted by atomic mass is 79.9. The van der Waals surface area contributed by atoms with Gasteiger partial charge in [-0.05, 0) is 30.9 Å². The van der Waals surface area contributed by atoms with Crippen molar-refractivity contribution in [2.45, 2.75) is 19.5 Å². The fraction of sp³-hybridized carbons (Fsp3) is 0.357. The summed E-state index contributed by atoms with van der Waals surface area (Å²) in [5.41, 5.74) is 2.33. The van der Waals surface area contributed by atoms with Gasteiger partial charge in [-0.25, -0.2) is 0 Å². The Kier molecular flexibility index (Phi) is 5.03. The average Bonchev–Trinajstić information content (AvgIpc) is 2.39. The lowest BCUT2D eigenvalue weighted by Crippen LogP contribution is -2.27. The Morgan fingerprint density at radius 2 is 2.22 bits per heavy atom. The molecular formula is C14H17BrN2S. The van der Waals surface area contributed by atoms with Crippen LogP contribution in [0.5, 0.6) is 0 Å². The standard InChI is InChI=1S/C14H17BrN2S/c1-10(9-18-2)17-8-11-5-6-13(15)12-4-3-7-16-14(11)12/h3-7,10,17H,8-9H2,1-2H3. The van der Waals surface area contributed by atoms with Crippen molar-refractivity contribution in [1.82, 2.24) is 10.3 Å². The van der Waals surface area contributed by atoms with E-state index >= 15 is 0 Å². The lowest BCUT2D eigenvalue weighted by Gasteiger charge is -2.13.